The van der Waals surface area contributed by atoms with Gasteiger partial charge < -0.3 is 5.32 Å². The van der Waals surface area contributed by atoms with Crippen LogP contribution in [0.2, 0.25) is 0 Å². The molecule has 0 unspecified atom stereocenters. The first-order chi connectivity index (χ1) is 8.41. The van der Waals surface area contributed by atoms with Crippen molar-refractivity contribution in [2.24, 2.45) is 7.05 Å². The van der Waals surface area contributed by atoms with E-state index in [9.17, 15) is 0 Å². The van der Waals surface area contributed by atoms with E-state index in [2.05, 4.69) is 49.2 Å². The largest absolute Gasteiger partial charge is 0.314 e. The molecule has 2 rings (SSSR count). The lowest BCUT2D eigenvalue weighted by atomic mass is 9.89. The highest BCUT2D eigenvalue weighted by atomic mass is 15.3. The van der Waals surface area contributed by atoms with E-state index < -0.39 is 0 Å². The molecule has 1 aromatic rings. The van der Waals surface area contributed by atoms with Gasteiger partial charge in [-0.3, -0.25) is 9.58 Å². The van der Waals surface area contributed by atoms with E-state index in [-0.39, 0.29) is 5.41 Å². The molecule has 1 aliphatic heterocycles. The Morgan fingerprint density at radius 3 is 2.56 bits per heavy atom. The van der Waals surface area contributed by atoms with Crippen molar-refractivity contribution in [1.82, 2.24) is 20.0 Å². The van der Waals surface area contributed by atoms with Gasteiger partial charge in [0.1, 0.15) is 0 Å². The van der Waals surface area contributed by atoms with Crippen molar-refractivity contribution in [3.05, 3.63) is 17.5 Å². The van der Waals surface area contributed by atoms with Crippen molar-refractivity contribution in [1.29, 1.82) is 0 Å². The molecule has 0 atom stereocenters. The molecular formula is C14H26N4. The fraction of sp³-hybridized carbons (Fsp3) is 0.786. The average molecular weight is 250 g/mol. The molecule has 0 amide bonds. The average Bonchev–Trinajstić information content (AvgIpc) is 2.55. The van der Waals surface area contributed by atoms with Gasteiger partial charge in [0.2, 0.25) is 0 Å². The number of nitrogens with one attached hydrogen (secondary N) is 1. The molecule has 2 heterocycles. The molecule has 0 spiro atoms. The molecule has 0 aromatic carbocycles. The number of hydrogen-bond acceptors (Lipinski definition) is 3. The summed E-state index contributed by atoms with van der Waals surface area (Å²) in [6.07, 6.45) is 2.18. The number of rotatable bonds is 4. The third-order valence-corrected chi connectivity index (χ3v) is 3.67. The molecule has 102 valence electrons. The van der Waals surface area contributed by atoms with Crippen molar-refractivity contribution in [3.63, 3.8) is 0 Å². The SMILES string of the molecule is CCN(Cc1cn(C)nc1C(C)(C)C)C1CNC1. The lowest BCUT2D eigenvalue weighted by Crippen LogP contribution is -2.56. The first-order valence-corrected chi connectivity index (χ1v) is 6.89. The van der Waals surface area contributed by atoms with E-state index in [0.29, 0.717) is 6.04 Å². The van der Waals surface area contributed by atoms with E-state index in [0.717, 1.165) is 26.2 Å². The second-order valence-electron chi connectivity index (χ2n) is 6.30. The number of nitrogens with zero attached hydrogens (tertiary/aromatic N) is 3. The van der Waals surface area contributed by atoms with Crippen molar-refractivity contribution in [3.8, 4) is 0 Å². The second kappa shape index (κ2) is 5.02. The highest BCUT2D eigenvalue weighted by Gasteiger charge is 2.27. The fourth-order valence-corrected chi connectivity index (χ4v) is 2.53. The van der Waals surface area contributed by atoms with Gasteiger partial charge in [-0.15, -0.1) is 0 Å². The van der Waals surface area contributed by atoms with Crippen LogP contribution in [0.1, 0.15) is 39.0 Å². The Balaban J connectivity index is 2.17. The van der Waals surface area contributed by atoms with E-state index in [4.69, 9.17) is 0 Å². The smallest absolute Gasteiger partial charge is 0.0722 e. The van der Waals surface area contributed by atoms with Gasteiger partial charge in [-0.2, -0.15) is 5.10 Å². The number of hydrogen-bond donors (Lipinski definition) is 1. The molecular weight excluding hydrogens is 224 g/mol. The Labute approximate surface area is 110 Å². The fourth-order valence-electron chi connectivity index (χ4n) is 2.53. The lowest BCUT2D eigenvalue weighted by Gasteiger charge is -2.37. The molecule has 1 N–H and O–H groups in total. The zero-order valence-electron chi connectivity index (χ0n) is 12.3. The Hall–Kier alpha value is -0.870. The summed E-state index contributed by atoms with van der Waals surface area (Å²) in [6.45, 7) is 13.3. The second-order valence-corrected chi connectivity index (χ2v) is 6.30. The highest BCUT2D eigenvalue weighted by molar-refractivity contribution is 5.24. The summed E-state index contributed by atoms with van der Waals surface area (Å²) in [5.41, 5.74) is 2.72. The minimum Gasteiger partial charge on any atom is -0.314 e. The van der Waals surface area contributed by atoms with Crippen LogP contribution in [-0.4, -0.2) is 40.4 Å². The third-order valence-electron chi connectivity index (χ3n) is 3.67. The molecule has 1 aromatic heterocycles. The van der Waals surface area contributed by atoms with E-state index in [1.54, 1.807) is 0 Å². The number of likely N-dealkylation sites (N-methyl/N-ethyl adjacent to an activating group) is 1. The lowest BCUT2D eigenvalue weighted by molar-refractivity contribution is 0.144. The molecule has 0 bridgehead atoms. The van der Waals surface area contributed by atoms with Gasteiger partial charge in [-0.05, 0) is 6.54 Å². The van der Waals surface area contributed by atoms with Gasteiger partial charge in [0, 0.05) is 49.9 Å². The summed E-state index contributed by atoms with van der Waals surface area (Å²) in [5.74, 6) is 0. The van der Waals surface area contributed by atoms with Crippen LogP contribution in [0.25, 0.3) is 0 Å². The summed E-state index contributed by atoms with van der Waals surface area (Å²) in [6, 6.07) is 0.697. The van der Waals surface area contributed by atoms with Gasteiger partial charge in [0.05, 0.1) is 5.69 Å². The van der Waals surface area contributed by atoms with Gasteiger partial charge in [-0.1, -0.05) is 27.7 Å². The van der Waals surface area contributed by atoms with Crippen LogP contribution in [0.15, 0.2) is 6.20 Å². The molecule has 1 saturated heterocycles. The molecule has 4 heteroatoms. The zero-order chi connectivity index (χ0) is 13.3. The summed E-state index contributed by atoms with van der Waals surface area (Å²) in [4.78, 5) is 2.54. The summed E-state index contributed by atoms with van der Waals surface area (Å²) < 4.78 is 1.95. The molecule has 0 aliphatic carbocycles. The zero-order valence-corrected chi connectivity index (χ0v) is 12.3. The van der Waals surface area contributed by atoms with Crippen LogP contribution in [0.3, 0.4) is 0 Å². The Morgan fingerprint density at radius 2 is 2.11 bits per heavy atom. The minimum absolute atomic E-state index is 0.119. The van der Waals surface area contributed by atoms with Crippen LogP contribution in [0, 0.1) is 0 Å². The normalized spacial score (nSPS) is 17.2. The predicted octanol–water partition coefficient (Wildman–Crippen LogP) is 1.51. The van der Waals surface area contributed by atoms with Crippen molar-refractivity contribution >= 4 is 0 Å². The molecule has 1 fully saturated rings. The number of aryl methyl sites for hydroxylation is 1. The molecule has 4 nitrogen and oxygen atoms in total. The standard InChI is InChI=1S/C14H26N4/c1-6-18(12-7-15-8-12)10-11-9-17(5)16-13(11)14(2,3)4/h9,12,15H,6-8,10H2,1-5H3. The first-order valence-electron chi connectivity index (χ1n) is 6.89. The maximum Gasteiger partial charge on any atom is 0.0722 e. The Morgan fingerprint density at radius 1 is 1.44 bits per heavy atom. The first kappa shape index (κ1) is 13.6. The minimum atomic E-state index is 0.119. The predicted molar refractivity (Wildman–Crippen MR) is 74.6 cm³/mol. The third kappa shape index (κ3) is 2.75. The van der Waals surface area contributed by atoms with Crippen LogP contribution in [0.4, 0.5) is 0 Å². The molecule has 0 saturated carbocycles. The van der Waals surface area contributed by atoms with Gasteiger partial charge in [0.15, 0.2) is 0 Å². The molecule has 18 heavy (non-hydrogen) atoms. The summed E-state index contributed by atoms with van der Waals surface area (Å²) >= 11 is 0. The van der Waals surface area contributed by atoms with Gasteiger partial charge in [0.25, 0.3) is 0 Å². The Kier molecular flexibility index (Phi) is 3.78. The van der Waals surface area contributed by atoms with E-state index >= 15 is 0 Å². The monoisotopic (exact) mass is 250 g/mol. The van der Waals surface area contributed by atoms with E-state index in [1.807, 2.05) is 11.7 Å². The van der Waals surface area contributed by atoms with Gasteiger partial charge >= 0.3 is 0 Å². The maximum atomic E-state index is 4.65. The molecule has 1 aliphatic rings. The van der Waals surface area contributed by atoms with Crippen molar-refractivity contribution < 1.29 is 0 Å². The van der Waals surface area contributed by atoms with Crippen molar-refractivity contribution in [2.75, 3.05) is 19.6 Å². The number of aromatic nitrogens is 2. The van der Waals surface area contributed by atoms with Crippen LogP contribution in [-0.2, 0) is 19.0 Å². The van der Waals surface area contributed by atoms with Gasteiger partial charge in [-0.25, -0.2) is 0 Å². The van der Waals surface area contributed by atoms with Crippen LogP contribution < -0.4 is 5.32 Å². The van der Waals surface area contributed by atoms with Crippen molar-refractivity contribution in [2.45, 2.75) is 45.7 Å². The highest BCUT2D eigenvalue weighted by Crippen LogP contribution is 2.25. The van der Waals surface area contributed by atoms with E-state index in [1.165, 1.54) is 11.3 Å². The molecule has 0 radical (unpaired) electrons. The van der Waals surface area contributed by atoms with Crippen LogP contribution in [0.5, 0.6) is 0 Å². The quantitative estimate of drug-likeness (QED) is 0.879. The topological polar surface area (TPSA) is 33.1 Å². The Bertz CT molecular complexity index is 398. The maximum absolute atomic E-state index is 4.65. The van der Waals surface area contributed by atoms with Crippen LogP contribution >= 0.6 is 0 Å². The summed E-state index contributed by atoms with van der Waals surface area (Å²) in [7, 11) is 2.01. The summed E-state index contributed by atoms with van der Waals surface area (Å²) in [5, 5.41) is 8.00.